The molecule has 4 nitrogen and oxygen atoms in total. The minimum Gasteiger partial charge on any atom is -0.481 e. The molecule has 0 aromatic heterocycles. The molecule has 14 heavy (non-hydrogen) atoms. The van der Waals surface area contributed by atoms with Crippen molar-refractivity contribution in [3.05, 3.63) is 0 Å². The summed E-state index contributed by atoms with van der Waals surface area (Å²) < 4.78 is 0. The van der Waals surface area contributed by atoms with Crippen LogP contribution in [0.3, 0.4) is 0 Å². The van der Waals surface area contributed by atoms with Crippen LogP contribution in [-0.2, 0) is 4.79 Å². The quantitative estimate of drug-likeness (QED) is 0.514. The Morgan fingerprint density at radius 1 is 1.21 bits per heavy atom. The SMILES string of the molecule is CCC(N)C(N)CCCCCC(=O)O. The molecular weight excluding hydrogens is 180 g/mol. The average molecular weight is 202 g/mol. The van der Waals surface area contributed by atoms with Crippen LogP contribution in [0.1, 0.15) is 45.4 Å². The molecule has 0 saturated carbocycles. The van der Waals surface area contributed by atoms with Crippen LogP contribution in [0.4, 0.5) is 0 Å². The Morgan fingerprint density at radius 3 is 2.36 bits per heavy atom. The van der Waals surface area contributed by atoms with Crippen LogP contribution in [0.5, 0.6) is 0 Å². The van der Waals surface area contributed by atoms with Gasteiger partial charge in [0, 0.05) is 18.5 Å². The maximum absolute atomic E-state index is 10.2. The summed E-state index contributed by atoms with van der Waals surface area (Å²) in [5, 5.41) is 8.40. The maximum atomic E-state index is 10.2. The van der Waals surface area contributed by atoms with Crippen molar-refractivity contribution in [2.45, 2.75) is 57.5 Å². The van der Waals surface area contributed by atoms with Crippen molar-refractivity contribution >= 4 is 5.97 Å². The first-order chi connectivity index (χ1) is 6.57. The summed E-state index contributed by atoms with van der Waals surface area (Å²) in [5.74, 6) is -0.723. The van der Waals surface area contributed by atoms with Crippen molar-refractivity contribution in [1.82, 2.24) is 0 Å². The molecule has 5 N–H and O–H groups in total. The highest BCUT2D eigenvalue weighted by atomic mass is 16.4. The van der Waals surface area contributed by atoms with Crippen molar-refractivity contribution in [3.63, 3.8) is 0 Å². The van der Waals surface area contributed by atoms with Crippen molar-refractivity contribution in [2.24, 2.45) is 11.5 Å². The second kappa shape index (κ2) is 7.76. The minimum atomic E-state index is -0.723. The van der Waals surface area contributed by atoms with Crippen LogP contribution >= 0.6 is 0 Å². The van der Waals surface area contributed by atoms with E-state index in [-0.39, 0.29) is 18.5 Å². The summed E-state index contributed by atoms with van der Waals surface area (Å²) in [6.45, 7) is 2.02. The molecule has 2 unspecified atom stereocenters. The monoisotopic (exact) mass is 202 g/mol. The van der Waals surface area contributed by atoms with E-state index in [2.05, 4.69) is 0 Å². The Balaban J connectivity index is 3.31. The van der Waals surface area contributed by atoms with Gasteiger partial charge in [-0.2, -0.15) is 0 Å². The standard InChI is InChI=1S/C10H22N2O2/c1-2-8(11)9(12)6-4-3-5-7-10(13)14/h8-9H,2-7,11-12H2,1H3,(H,13,14). The number of hydrogen-bond acceptors (Lipinski definition) is 3. The molecule has 0 aromatic carbocycles. The lowest BCUT2D eigenvalue weighted by atomic mass is 10.0. The van der Waals surface area contributed by atoms with E-state index < -0.39 is 5.97 Å². The number of aliphatic carboxylic acids is 1. The summed E-state index contributed by atoms with van der Waals surface area (Å²) in [7, 11) is 0. The molecule has 2 atom stereocenters. The first kappa shape index (κ1) is 13.4. The first-order valence-corrected chi connectivity index (χ1v) is 5.30. The van der Waals surface area contributed by atoms with E-state index in [1.54, 1.807) is 0 Å². The fraction of sp³-hybridized carbons (Fsp3) is 0.900. The maximum Gasteiger partial charge on any atom is 0.303 e. The summed E-state index contributed by atoms with van der Waals surface area (Å²) in [6.07, 6.45) is 4.70. The topological polar surface area (TPSA) is 89.3 Å². The van der Waals surface area contributed by atoms with Gasteiger partial charge in [-0.05, 0) is 19.3 Å². The van der Waals surface area contributed by atoms with Crippen molar-refractivity contribution in [3.8, 4) is 0 Å². The predicted molar refractivity (Wildman–Crippen MR) is 57.0 cm³/mol. The summed E-state index contributed by atoms with van der Waals surface area (Å²) in [6, 6.07) is 0.138. The highest BCUT2D eigenvalue weighted by Crippen LogP contribution is 2.07. The predicted octanol–water partition coefficient (Wildman–Crippen LogP) is 1.09. The molecule has 0 heterocycles. The van der Waals surface area contributed by atoms with E-state index in [0.29, 0.717) is 0 Å². The van der Waals surface area contributed by atoms with Gasteiger partial charge in [0.1, 0.15) is 0 Å². The molecule has 0 fully saturated rings. The lowest BCUT2D eigenvalue weighted by molar-refractivity contribution is -0.137. The molecule has 0 saturated heterocycles. The lowest BCUT2D eigenvalue weighted by Crippen LogP contribution is -2.40. The zero-order valence-corrected chi connectivity index (χ0v) is 8.91. The Labute approximate surface area is 85.7 Å². The van der Waals surface area contributed by atoms with Gasteiger partial charge in [-0.15, -0.1) is 0 Å². The third-order valence-electron chi connectivity index (χ3n) is 2.45. The van der Waals surface area contributed by atoms with Crippen molar-refractivity contribution in [1.29, 1.82) is 0 Å². The van der Waals surface area contributed by atoms with Crippen LogP contribution in [0.15, 0.2) is 0 Å². The van der Waals surface area contributed by atoms with Crippen LogP contribution < -0.4 is 11.5 Å². The van der Waals surface area contributed by atoms with Crippen LogP contribution in [0.25, 0.3) is 0 Å². The summed E-state index contributed by atoms with van der Waals surface area (Å²) in [4.78, 5) is 10.2. The second-order valence-corrected chi connectivity index (χ2v) is 3.73. The van der Waals surface area contributed by atoms with Crippen molar-refractivity contribution < 1.29 is 9.90 Å². The summed E-state index contributed by atoms with van der Waals surface area (Å²) >= 11 is 0. The number of carboxylic acid groups (broad SMARTS) is 1. The highest BCUT2D eigenvalue weighted by molar-refractivity contribution is 5.66. The molecule has 0 aliphatic carbocycles. The zero-order valence-electron chi connectivity index (χ0n) is 8.91. The number of carbonyl (C=O) groups is 1. The zero-order chi connectivity index (χ0) is 11.0. The van der Waals surface area contributed by atoms with Gasteiger partial charge in [-0.25, -0.2) is 0 Å². The second-order valence-electron chi connectivity index (χ2n) is 3.73. The smallest absolute Gasteiger partial charge is 0.303 e. The number of rotatable bonds is 8. The number of carboxylic acids is 1. The number of hydrogen-bond donors (Lipinski definition) is 3. The molecule has 0 rings (SSSR count). The van der Waals surface area contributed by atoms with Gasteiger partial charge < -0.3 is 16.6 Å². The van der Waals surface area contributed by atoms with Gasteiger partial charge in [-0.3, -0.25) is 4.79 Å². The lowest BCUT2D eigenvalue weighted by Gasteiger charge is -2.17. The Bertz CT molecular complexity index is 162. The average Bonchev–Trinajstić information content (AvgIpc) is 2.15. The molecule has 4 heteroatoms. The largest absolute Gasteiger partial charge is 0.481 e. The molecule has 0 radical (unpaired) electrons. The molecule has 0 amide bonds. The van der Waals surface area contributed by atoms with Gasteiger partial charge in [0.2, 0.25) is 0 Å². The van der Waals surface area contributed by atoms with Crippen LogP contribution in [0.2, 0.25) is 0 Å². The minimum absolute atomic E-state index is 0.0600. The first-order valence-electron chi connectivity index (χ1n) is 5.30. The van der Waals surface area contributed by atoms with E-state index in [4.69, 9.17) is 16.6 Å². The van der Waals surface area contributed by atoms with Gasteiger partial charge in [0.25, 0.3) is 0 Å². The van der Waals surface area contributed by atoms with Gasteiger partial charge in [0.15, 0.2) is 0 Å². The molecule has 0 aromatic rings. The molecule has 84 valence electrons. The number of nitrogens with two attached hydrogens (primary N) is 2. The van der Waals surface area contributed by atoms with E-state index >= 15 is 0 Å². The third kappa shape index (κ3) is 6.86. The normalized spacial score (nSPS) is 15.1. The van der Waals surface area contributed by atoms with Gasteiger partial charge in [-0.1, -0.05) is 19.8 Å². The van der Waals surface area contributed by atoms with Crippen LogP contribution in [0, 0.1) is 0 Å². The van der Waals surface area contributed by atoms with E-state index in [1.807, 2.05) is 6.92 Å². The Kier molecular flexibility index (Phi) is 7.42. The Morgan fingerprint density at radius 2 is 1.86 bits per heavy atom. The number of unbranched alkanes of at least 4 members (excludes halogenated alkanes) is 2. The molecule has 0 bridgehead atoms. The highest BCUT2D eigenvalue weighted by Gasteiger charge is 2.10. The van der Waals surface area contributed by atoms with Crippen LogP contribution in [-0.4, -0.2) is 23.2 Å². The Hall–Kier alpha value is -0.610. The fourth-order valence-corrected chi connectivity index (χ4v) is 1.35. The van der Waals surface area contributed by atoms with E-state index in [1.165, 1.54) is 0 Å². The molecular formula is C10H22N2O2. The molecule has 0 aliphatic rings. The van der Waals surface area contributed by atoms with Crippen molar-refractivity contribution in [2.75, 3.05) is 0 Å². The molecule has 0 aliphatic heterocycles. The molecule has 0 spiro atoms. The fourth-order valence-electron chi connectivity index (χ4n) is 1.35. The van der Waals surface area contributed by atoms with E-state index in [0.717, 1.165) is 32.1 Å². The van der Waals surface area contributed by atoms with Gasteiger partial charge >= 0.3 is 5.97 Å². The third-order valence-corrected chi connectivity index (χ3v) is 2.45. The summed E-state index contributed by atoms with van der Waals surface area (Å²) in [5.41, 5.74) is 11.6. The van der Waals surface area contributed by atoms with E-state index in [9.17, 15) is 4.79 Å². The van der Waals surface area contributed by atoms with Gasteiger partial charge in [0.05, 0.1) is 0 Å².